The lowest BCUT2D eigenvalue weighted by Gasteiger charge is -2.25. The predicted molar refractivity (Wildman–Crippen MR) is 149 cm³/mol. The quantitative estimate of drug-likeness (QED) is 0.325. The average molecular weight is 559 g/mol. The Bertz CT molecular complexity index is 1600. The second-order valence-corrected chi connectivity index (χ2v) is 9.75. The largest absolute Gasteiger partial charge is 0.481 e. The van der Waals surface area contributed by atoms with Crippen LogP contribution in [0.15, 0.2) is 55.0 Å². The molecule has 5 rings (SSSR count). The number of amides is 2. The van der Waals surface area contributed by atoms with E-state index in [1.54, 1.807) is 49.3 Å². The molecule has 4 aromatic rings. The maximum atomic E-state index is 13.4. The van der Waals surface area contributed by atoms with Crippen LogP contribution >= 0.6 is 11.6 Å². The lowest BCUT2D eigenvalue weighted by molar-refractivity contribution is -0.125. The van der Waals surface area contributed by atoms with Crippen LogP contribution in [0.3, 0.4) is 0 Å². The second kappa shape index (κ2) is 11.2. The van der Waals surface area contributed by atoms with Gasteiger partial charge in [-0.3, -0.25) is 9.59 Å². The molecular weight excluding hydrogens is 532 g/mol. The molecule has 12 heteroatoms. The van der Waals surface area contributed by atoms with E-state index < -0.39 is 6.04 Å². The Morgan fingerprint density at radius 1 is 1.07 bits per heavy atom. The van der Waals surface area contributed by atoms with Gasteiger partial charge in [0, 0.05) is 36.1 Å². The van der Waals surface area contributed by atoms with Crippen LogP contribution in [-0.4, -0.2) is 54.8 Å². The number of aromatic nitrogens is 5. The fourth-order valence-corrected chi connectivity index (χ4v) is 4.62. The van der Waals surface area contributed by atoms with Gasteiger partial charge < -0.3 is 20.3 Å². The minimum Gasteiger partial charge on any atom is -0.481 e. The van der Waals surface area contributed by atoms with Gasteiger partial charge in [-0.25, -0.2) is 24.9 Å². The number of ether oxygens (including phenoxy) is 1. The molecule has 40 heavy (non-hydrogen) atoms. The van der Waals surface area contributed by atoms with E-state index in [9.17, 15) is 9.59 Å². The van der Waals surface area contributed by atoms with Crippen molar-refractivity contribution < 1.29 is 14.3 Å². The predicted octanol–water partition coefficient (Wildman–Crippen LogP) is 4.26. The molecule has 204 valence electrons. The van der Waals surface area contributed by atoms with E-state index >= 15 is 0 Å². The van der Waals surface area contributed by atoms with Crippen LogP contribution in [0, 0.1) is 6.92 Å². The molecule has 0 aliphatic carbocycles. The number of halogens is 1. The topological polar surface area (TPSA) is 135 Å². The molecule has 0 spiro atoms. The number of hydrogen-bond donors (Lipinski definition) is 2. The summed E-state index contributed by atoms with van der Waals surface area (Å²) in [6.45, 7) is 5.69. The average Bonchev–Trinajstić information content (AvgIpc) is 3.29. The fraction of sp³-hybridized carbons (Fsp3) is 0.250. The molecule has 11 nitrogen and oxygen atoms in total. The first-order valence-corrected chi connectivity index (χ1v) is 12.9. The number of rotatable bonds is 8. The lowest BCUT2D eigenvalue weighted by atomic mass is 10.0. The fourth-order valence-electron chi connectivity index (χ4n) is 4.42. The number of aryl methyl sites for hydroxylation is 1. The zero-order chi connectivity index (χ0) is 28.4. The lowest BCUT2D eigenvalue weighted by Crippen LogP contribution is -2.45. The highest BCUT2D eigenvalue weighted by molar-refractivity contribution is 6.33. The van der Waals surface area contributed by atoms with Crippen molar-refractivity contribution in [2.75, 3.05) is 12.4 Å². The van der Waals surface area contributed by atoms with E-state index in [1.165, 1.54) is 13.3 Å². The molecule has 0 saturated carbocycles. The summed E-state index contributed by atoms with van der Waals surface area (Å²) in [5.74, 6) is 1.42. The molecule has 2 N–H and O–H groups in total. The van der Waals surface area contributed by atoms with Crippen molar-refractivity contribution in [3.63, 3.8) is 0 Å². The SMILES string of the molecule is COc1cc([C@@H](C)NC(=O)[C@@H](C)N2Cc3ccc(-c4nc(Nc5ccnc(C)n5)ncc4Cl)cc3C2=O)ccn1. The summed E-state index contributed by atoms with van der Waals surface area (Å²) in [5, 5.41) is 6.36. The number of carbonyl (C=O) groups is 2. The Balaban J connectivity index is 1.32. The first kappa shape index (κ1) is 26.9. The van der Waals surface area contributed by atoms with Gasteiger partial charge >= 0.3 is 0 Å². The first-order valence-electron chi connectivity index (χ1n) is 12.6. The zero-order valence-electron chi connectivity index (χ0n) is 22.3. The molecule has 1 aliphatic heterocycles. The number of carbonyl (C=O) groups excluding carboxylic acids is 2. The maximum Gasteiger partial charge on any atom is 0.255 e. The van der Waals surface area contributed by atoms with Crippen molar-refractivity contribution in [2.24, 2.45) is 0 Å². The summed E-state index contributed by atoms with van der Waals surface area (Å²) < 4.78 is 5.17. The Kier molecular flexibility index (Phi) is 7.56. The number of fused-ring (bicyclic) bond motifs is 1. The molecule has 0 fully saturated rings. The number of hydrogen-bond acceptors (Lipinski definition) is 9. The highest BCUT2D eigenvalue weighted by Crippen LogP contribution is 2.32. The van der Waals surface area contributed by atoms with Gasteiger partial charge in [-0.1, -0.05) is 23.7 Å². The molecule has 2 atom stereocenters. The van der Waals surface area contributed by atoms with E-state index in [-0.39, 0.29) is 17.9 Å². The van der Waals surface area contributed by atoms with Gasteiger partial charge in [-0.05, 0) is 50.1 Å². The third kappa shape index (κ3) is 5.55. The summed E-state index contributed by atoms with van der Waals surface area (Å²) in [6, 6.07) is 9.76. The van der Waals surface area contributed by atoms with Gasteiger partial charge in [-0.15, -0.1) is 0 Å². The molecule has 1 aromatic carbocycles. The molecular formula is C28H27ClN8O3. The van der Waals surface area contributed by atoms with Gasteiger partial charge in [0.1, 0.15) is 17.7 Å². The second-order valence-electron chi connectivity index (χ2n) is 9.35. The van der Waals surface area contributed by atoms with Gasteiger partial charge in [0.2, 0.25) is 17.7 Å². The minimum atomic E-state index is -0.690. The molecule has 0 bridgehead atoms. The molecule has 1 aliphatic rings. The Hall–Kier alpha value is -4.64. The normalized spacial score (nSPS) is 13.9. The number of methoxy groups -OCH3 is 1. The number of anilines is 2. The summed E-state index contributed by atoms with van der Waals surface area (Å²) in [5.41, 5.74) is 3.28. The van der Waals surface area contributed by atoms with Crippen LogP contribution in [0.5, 0.6) is 5.88 Å². The highest BCUT2D eigenvalue weighted by Gasteiger charge is 2.34. The highest BCUT2D eigenvalue weighted by atomic mass is 35.5. The Morgan fingerprint density at radius 2 is 1.88 bits per heavy atom. The van der Waals surface area contributed by atoms with Gasteiger partial charge in [-0.2, -0.15) is 0 Å². The van der Waals surface area contributed by atoms with Crippen LogP contribution < -0.4 is 15.4 Å². The molecule has 2 amide bonds. The number of pyridine rings is 1. The Labute approximate surface area is 236 Å². The molecule has 0 saturated heterocycles. The summed E-state index contributed by atoms with van der Waals surface area (Å²) in [6.07, 6.45) is 4.75. The van der Waals surface area contributed by atoms with E-state index in [4.69, 9.17) is 16.3 Å². The van der Waals surface area contributed by atoms with Gasteiger partial charge in [0.25, 0.3) is 5.91 Å². The minimum absolute atomic E-state index is 0.238. The van der Waals surface area contributed by atoms with Crippen LogP contribution in [0.1, 0.15) is 47.2 Å². The standard InChI is InChI=1S/C28H27ClN8O3/c1-15(18-7-9-31-24(12-18)40-4)33-26(38)16(2)37-14-20-6-5-19(11-21(20)27(37)39)25-22(29)13-32-28(36-25)35-23-8-10-30-17(3)34-23/h5-13,15-16H,14H2,1-4H3,(H,33,38)(H,30,32,34,35,36)/t15-,16-/m1/s1. The first-order chi connectivity index (χ1) is 19.2. The van der Waals surface area contributed by atoms with E-state index in [1.807, 2.05) is 25.1 Å². The van der Waals surface area contributed by atoms with E-state index in [0.29, 0.717) is 51.9 Å². The van der Waals surface area contributed by atoms with Crippen molar-refractivity contribution in [2.45, 2.75) is 39.4 Å². The molecule has 0 radical (unpaired) electrons. The van der Waals surface area contributed by atoms with Crippen LogP contribution in [0.25, 0.3) is 11.3 Å². The number of benzene rings is 1. The molecule has 3 aromatic heterocycles. The van der Waals surface area contributed by atoms with Crippen molar-refractivity contribution in [1.29, 1.82) is 0 Å². The van der Waals surface area contributed by atoms with Crippen molar-refractivity contribution >= 4 is 35.2 Å². The zero-order valence-corrected chi connectivity index (χ0v) is 23.1. The Morgan fingerprint density at radius 3 is 2.65 bits per heavy atom. The van der Waals surface area contributed by atoms with Crippen LogP contribution in [-0.2, 0) is 11.3 Å². The van der Waals surface area contributed by atoms with Crippen molar-refractivity contribution in [3.8, 4) is 17.1 Å². The van der Waals surface area contributed by atoms with Crippen molar-refractivity contribution in [1.82, 2.24) is 35.1 Å². The van der Waals surface area contributed by atoms with Gasteiger partial charge in [0.05, 0.1) is 30.1 Å². The number of nitrogens with zero attached hydrogens (tertiary/aromatic N) is 6. The van der Waals surface area contributed by atoms with E-state index in [0.717, 1.165) is 11.1 Å². The smallest absolute Gasteiger partial charge is 0.255 e. The van der Waals surface area contributed by atoms with Crippen molar-refractivity contribution in [3.05, 3.63) is 82.5 Å². The number of nitrogens with one attached hydrogen (secondary N) is 2. The van der Waals surface area contributed by atoms with Crippen LogP contribution in [0.4, 0.5) is 11.8 Å². The molecule has 4 heterocycles. The summed E-state index contributed by atoms with van der Waals surface area (Å²) in [7, 11) is 1.54. The third-order valence-corrected chi connectivity index (χ3v) is 6.93. The van der Waals surface area contributed by atoms with E-state index in [2.05, 4.69) is 35.6 Å². The summed E-state index contributed by atoms with van der Waals surface area (Å²) in [4.78, 5) is 49.4. The van der Waals surface area contributed by atoms with Gasteiger partial charge in [0.15, 0.2) is 0 Å². The monoisotopic (exact) mass is 558 g/mol. The summed E-state index contributed by atoms with van der Waals surface area (Å²) >= 11 is 6.45. The third-order valence-electron chi connectivity index (χ3n) is 6.65. The molecule has 0 unspecified atom stereocenters. The van der Waals surface area contributed by atoms with Crippen LogP contribution in [0.2, 0.25) is 5.02 Å². The maximum absolute atomic E-state index is 13.4.